The van der Waals surface area contributed by atoms with Crippen molar-refractivity contribution in [3.8, 4) is 0 Å². The van der Waals surface area contributed by atoms with Crippen LogP contribution >= 0.6 is 0 Å². The molecule has 2 heterocycles. The second-order valence-corrected chi connectivity index (χ2v) is 11.3. The van der Waals surface area contributed by atoms with Crippen molar-refractivity contribution in [2.24, 2.45) is 5.92 Å². The molecule has 2 aromatic rings. The molecule has 1 unspecified atom stereocenters. The number of amides is 2. The lowest BCUT2D eigenvalue weighted by molar-refractivity contribution is -0.136. The van der Waals surface area contributed by atoms with Crippen molar-refractivity contribution in [1.82, 2.24) is 20.4 Å². The number of methoxy groups -OCH3 is 1. The highest BCUT2D eigenvalue weighted by molar-refractivity contribution is 7.90. The summed E-state index contributed by atoms with van der Waals surface area (Å²) in [5, 5.41) is 10.1. The molecule has 3 rings (SSSR count). The van der Waals surface area contributed by atoms with Crippen molar-refractivity contribution >= 4 is 27.4 Å². The minimum absolute atomic E-state index is 0.0311. The number of ketones is 1. The molecule has 1 aromatic carbocycles. The number of likely N-dealkylation sites (tertiary alicyclic amines) is 1. The van der Waals surface area contributed by atoms with Gasteiger partial charge < -0.3 is 19.4 Å². The first-order valence-electron chi connectivity index (χ1n) is 12.4. The van der Waals surface area contributed by atoms with E-state index >= 15 is 0 Å². The normalized spacial score (nSPS) is 15.7. The number of hydrogen-bond donors (Lipinski definition) is 1. The summed E-state index contributed by atoms with van der Waals surface area (Å²) in [5.41, 5.74) is 0.592. The fourth-order valence-corrected chi connectivity index (χ4v) is 5.93. The summed E-state index contributed by atoms with van der Waals surface area (Å²) in [7, 11) is -2.30. The van der Waals surface area contributed by atoms with E-state index < -0.39 is 39.2 Å². The van der Waals surface area contributed by atoms with Crippen LogP contribution in [-0.2, 0) is 36.5 Å². The van der Waals surface area contributed by atoms with Crippen LogP contribution in [0.1, 0.15) is 61.2 Å². The number of piperidine rings is 1. The van der Waals surface area contributed by atoms with Gasteiger partial charge in [0, 0.05) is 26.6 Å². The van der Waals surface area contributed by atoms with E-state index in [1.165, 1.54) is 7.11 Å². The minimum atomic E-state index is -3.74. The molecule has 1 aliphatic rings. The molecule has 0 spiro atoms. The minimum Gasteiger partial charge on any atom is -0.416 e. The predicted octanol–water partition coefficient (Wildman–Crippen LogP) is 1.93. The quantitative estimate of drug-likeness (QED) is 0.380. The first-order chi connectivity index (χ1) is 17.7. The number of ether oxygens (including phenoxy) is 1. The summed E-state index contributed by atoms with van der Waals surface area (Å²) < 4.78 is 36.3. The molecule has 1 fully saturated rings. The molecule has 2 amide bonds. The molecule has 202 valence electrons. The Morgan fingerprint density at radius 2 is 1.81 bits per heavy atom. The maximum absolute atomic E-state index is 13.3. The van der Waals surface area contributed by atoms with Crippen molar-refractivity contribution in [3.63, 3.8) is 0 Å². The summed E-state index contributed by atoms with van der Waals surface area (Å²) in [6, 6.07) is 7.63. The Morgan fingerprint density at radius 3 is 2.46 bits per heavy atom. The molecule has 12 heteroatoms. The van der Waals surface area contributed by atoms with Gasteiger partial charge in [-0.25, -0.2) is 8.42 Å². The Kier molecular flexibility index (Phi) is 10.3. The molecule has 0 bridgehead atoms. The lowest BCUT2D eigenvalue weighted by Crippen LogP contribution is -2.47. The lowest BCUT2D eigenvalue weighted by atomic mass is 10.0. The first-order valence-corrected chi connectivity index (χ1v) is 14.2. The number of nitrogens with one attached hydrogen (secondary N) is 1. The van der Waals surface area contributed by atoms with Crippen LogP contribution in [0.5, 0.6) is 0 Å². The molecule has 37 heavy (non-hydrogen) atoms. The van der Waals surface area contributed by atoms with Gasteiger partial charge in [0.15, 0.2) is 9.84 Å². The van der Waals surface area contributed by atoms with E-state index in [-0.39, 0.29) is 42.9 Å². The Morgan fingerprint density at radius 1 is 1.11 bits per heavy atom. The molecule has 2 atom stereocenters. The molecule has 0 saturated carbocycles. The van der Waals surface area contributed by atoms with Gasteiger partial charge in [0.1, 0.15) is 6.61 Å². The summed E-state index contributed by atoms with van der Waals surface area (Å²) >= 11 is 0. The molecule has 1 saturated heterocycles. The van der Waals surface area contributed by atoms with E-state index in [1.54, 1.807) is 42.2 Å². The fraction of sp³-hybridized carbons (Fsp3) is 0.560. The fourth-order valence-electron chi connectivity index (χ4n) is 4.23. The van der Waals surface area contributed by atoms with Crippen molar-refractivity contribution in [2.75, 3.05) is 26.0 Å². The van der Waals surface area contributed by atoms with E-state index in [0.29, 0.717) is 18.7 Å². The van der Waals surface area contributed by atoms with E-state index in [1.807, 2.05) is 0 Å². The van der Waals surface area contributed by atoms with Crippen LogP contribution in [0.25, 0.3) is 0 Å². The number of carbonyl (C=O) groups is 3. The maximum atomic E-state index is 13.3. The number of nitrogens with zero attached hydrogens (tertiary/aromatic N) is 3. The van der Waals surface area contributed by atoms with Crippen molar-refractivity contribution < 1.29 is 32.0 Å². The molecule has 11 nitrogen and oxygen atoms in total. The van der Waals surface area contributed by atoms with Crippen LogP contribution in [0.15, 0.2) is 34.7 Å². The van der Waals surface area contributed by atoms with Gasteiger partial charge in [-0.1, -0.05) is 37.3 Å². The number of benzene rings is 1. The van der Waals surface area contributed by atoms with Crippen LogP contribution in [0.2, 0.25) is 0 Å². The highest BCUT2D eigenvalue weighted by atomic mass is 32.2. The number of aromatic nitrogens is 2. The smallest absolute Gasteiger partial charge is 0.286 e. The second-order valence-electron chi connectivity index (χ2n) is 9.15. The Bertz CT molecular complexity index is 1160. The highest BCUT2D eigenvalue weighted by Crippen LogP contribution is 2.18. The standard InChI is InChI=1S/C25H34N4O7S/c1-3-20(23(31)25-28-27-21(36-25)15-35-2)26-24(32)19(14-22(30)29-12-8-5-9-13-29)17-37(33,34)16-18-10-6-4-7-11-18/h4,6-7,10-11,19-20H,3,5,8-9,12-17H2,1-2H3,(H,26,32)/t19?,20-/m0/s1. The number of Topliss-reactive ketones (excluding diaryl/α,β-unsaturated/α-hetero) is 1. The third-order valence-corrected chi connectivity index (χ3v) is 7.86. The van der Waals surface area contributed by atoms with Crippen molar-refractivity contribution in [3.05, 3.63) is 47.7 Å². The second kappa shape index (κ2) is 13.4. The van der Waals surface area contributed by atoms with Crippen molar-refractivity contribution in [2.45, 2.75) is 57.4 Å². The zero-order valence-corrected chi connectivity index (χ0v) is 22.0. The number of hydrogen-bond acceptors (Lipinski definition) is 9. The first kappa shape index (κ1) is 28.5. The zero-order chi connectivity index (χ0) is 26.8. The van der Waals surface area contributed by atoms with Gasteiger partial charge in [-0.05, 0) is 31.2 Å². The molecular weight excluding hydrogens is 500 g/mol. The Labute approximate surface area is 216 Å². The average Bonchev–Trinajstić information content (AvgIpc) is 3.36. The molecular formula is C25H34N4O7S. The van der Waals surface area contributed by atoms with Crippen LogP contribution in [0, 0.1) is 5.92 Å². The van der Waals surface area contributed by atoms with Gasteiger partial charge in [0.25, 0.3) is 5.89 Å². The number of rotatable bonds is 13. The van der Waals surface area contributed by atoms with E-state index in [2.05, 4.69) is 15.5 Å². The monoisotopic (exact) mass is 534 g/mol. The zero-order valence-electron chi connectivity index (χ0n) is 21.2. The van der Waals surface area contributed by atoms with Crippen molar-refractivity contribution in [1.29, 1.82) is 0 Å². The third-order valence-electron chi connectivity index (χ3n) is 6.17. The van der Waals surface area contributed by atoms with Gasteiger partial charge in [0.05, 0.1) is 23.5 Å². The molecule has 1 N–H and O–H groups in total. The van der Waals surface area contributed by atoms with Crippen LogP contribution < -0.4 is 5.32 Å². The van der Waals surface area contributed by atoms with Crippen LogP contribution in [-0.4, -0.2) is 73.1 Å². The summed E-state index contributed by atoms with van der Waals surface area (Å²) in [5.74, 6) is -3.64. The SMILES string of the molecule is CC[C@H](NC(=O)C(CC(=O)N1CCCCC1)CS(=O)(=O)Cc1ccccc1)C(=O)c1nnc(COC)o1. The van der Waals surface area contributed by atoms with E-state index in [9.17, 15) is 22.8 Å². The lowest BCUT2D eigenvalue weighted by Gasteiger charge is -2.28. The average molecular weight is 535 g/mol. The molecule has 0 radical (unpaired) electrons. The highest BCUT2D eigenvalue weighted by Gasteiger charge is 2.33. The third kappa shape index (κ3) is 8.46. The number of carbonyl (C=O) groups excluding carboxylic acids is 3. The van der Waals surface area contributed by atoms with Gasteiger partial charge in [-0.2, -0.15) is 0 Å². The summed E-state index contributed by atoms with van der Waals surface area (Å²) in [6.07, 6.45) is 2.72. The molecule has 1 aromatic heterocycles. The number of sulfone groups is 1. The largest absolute Gasteiger partial charge is 0.416 e. The Hall–Kier alpha value is -3.12. The van der Waals surface area contributed by atoms with Gasteiger partial charge in [-0.3, -0.25) is 14.4 Å². The summed E-state index contributed by atoms with van der Waals surface area (Å²) in [4.78, 5) is 40.9. The summed E-state index contributed by atoms with van der Waals surface area (Å²) in [6.45, 7) is 2.89. The predicted molar refractivity (Wildman–Crippen MR) is 134 cm³/mol. The molecule has 0 aliphatic carbocycles. The Balaban J connectivity index is 1.75. The van der Waals surface area contributed by atoms with Gasteiger partial charge in [-0.15, -0.1) is 10.2 Å². The maximum Gasteiger partial charge on any atom is 0.286 e. The molecule has 1 aliphatic heterocycles. The van der Waals surface area contributed by atoms with E-state index in [4.69, 9.17) is 9.15 Å². The van der Waals surface area contributed by atoms with E-state index in [0.717, 1.165) is 19.3 Å². The topological polar surface area (TPSA) is 149 Å². The van der Waals surface area contributed by atoms with Gasteiger partial charge in [0.2, 0.25) is 23.5 Å². The van der Waals surface area contributed by atoms with Crippen LogP contribution in [0.3, 0.4) is 0 Å². The van der Waals surface area contributed by atoms with Crippen LogP contribution in [0.4, 0.5) is 0 Å². The van der Waals surface area contributed by atoms with Gasteiger partial charge >= 0.3 is 0 Å².